The van der Waals surface area contributed by atoms with Crippen molar-refractivity contribution in [2.75, 3.05) is 19.8 Å². The summed E-state index contributed by atoms with van der Waals surface area (Å²) in [4.78, 5) is 27.9. The molecule has 25 heavy (non-hydrogen) atoms. The molecule has 3 atom stereocenters. The molecule has 0 aliphatic carbocycles. The first-order chi connectivity index (χ1) is 11.7. The van der Waals surface area contributed by atoms with Gasteiger partial charge in [-0.25, -0.2) is 0 Å². The van der Waals surface area contributed by atoms with Gasteiger partial charge in [-0.3, -0.25) is 9.59 Å². The molecule has 5 nitrogen and oxygen atoms in total. The minimum atomic E-state index is -0.897. The minimum absolute atomic E-state index is 0.0329. The van der Waals surface area contributed by atoms with Gasteiger partial charge in [0, 0.05) is 13.2 Å². The largest absolute Gasteiger partial charge is 0.459 e. The van der Waals surface area contributed by atoms with Gasteiger partial charge in [0.2, 0.25) is 5.91 Å². The maximum absolute atomic E-state index is 13.1. The Morgan fingerprint density at radius 1 is 1.32 bits per heavy atom. The Kier molecular flexibility index (Phi) is 4.62. The second-order valence-electron chi connectivity index (χ2n) is 8.10. The predicted molar refractivity (Wildman–Crippen MR) is 93.8 cm³/mol. The van der Waals surface area contributed by atoms with Gasteiger partial charge in [-0.1, -0.05) is 30.3 Å². The maximum Gasteiger partial charge on any atom is 0.317 e. The van der Waals surface area contributed by atoms with Crippen molar-refractivity contribution in [1.82, 2.24) is 4.90 Å². The molecule has 0 unspecified atom stereocenters. The fraction of sp³-hybridized carbons (Fsp3) is 0.600. The van der Waals surface area contributed by atoms with Crippen LogP contribution in [0.2, 0.25) is 0 Å². The van der Waals surface area contributed by atoms with Crippen LogP contribution in [-0.2, 0) is 19.1 Å². The number of esters is 1. The van der Waals surface area contributed by atoms with E-state index in [2.05, 4.69) is 0 Å². The summed E-state index contributed by atoms with van der Waals surface area (Å²) in [5.41, 5.74) is -0.421. The van der Waals surface area contributed by atoms with E-state index < -0.39 is 11.0 Å². The van der Waals surface area contributed by atoms with E-state index in [9.17, 15) is 9.59 Å². The summed E-state index contributed by atoms with van der Waals surface area (Å²) in [6.07, 6.45) is 0.566. The standard InChI is InChI=1S/C20H27NO4/c1-14(15-8-6-5-7-9-15)21-12-20(18(23)25-19(2,3)4)13-24-11-10-16(20)17(21)22/h5-9,14,16H,10-13H2,1-4H3/t14-,16-,20+/m1/s1. The number of hydrogen-bond acceptors (Lipinski definition) is 4. The van der Waals surface area contributed by atoms with E-state index in [0.29, 0.717) is 19.6 Å². The Balaban J connectivity index is 1.90. The molecule has 0 bridgehead atoms. The molecule has 1 aromatic rings. The molecule has 136 valence electrons. The molecule has 5 heteroatoms. The van der Waals surface area contributed by atoms with Crippen molar-refractivity contribution in [3.63, 3.8) is 0 Å². The lowest BCUT2D eigenvalue weighted by Gasteiger charge is -2.36. The van der Waals surface area contributed by atoms with Crippen LogP contribution >= 0.6 is 0 Å². The Labute approximate surface area is 149 Å². The molecule has 0 N–H and O–H groups in total. The van der Waals surface area contributed by atoms with Gasteiger partial charge in [0.15, 0.2) is 0 Å². The molecule has 1 aromatic carbocycles. The van der Waals surface area contributed by atoms with Crippen LogP contribution in [0.4, 0.5) is 0 Å². The van der Waals surface area contributed by atoms with Gasteiger partial charge >= 0.3 is 5.97 Å². The number of hydrogen-bond donors (Lipinski definition) is 0. The molecule has 1 amide bonds. The summed E-state index contributed by atoms with van der Waals surface area (Å²) in [5, 5.41) is 0. The van der Waals surface area contributed by atoms with E-state index in [1.54, 1.807) is 0 Å². The van der Waals surface area contributed by atoms with Crippen LogP contribution in [0.3, 0.4) is 0 Å². The zero-order chi connectivity index (χ0) is 18.2. The topological polar surface area (TPSA) is 55.8 Å². The van der Waals surface area contributed by atoms with Crippen LogP contribution in [-0.4, -0.2) is 42.1 Å². The molecule has 2 heterocycles. The minimum Gasteiger partial charge on any atom is -0.459 e. The smallest absolute Gasteiger partial charge is 0.317 e. The molecule has 0 radical (unpaired) electrons. The normalized spacial score (nSPS) is 27.8. The van der Waals surface area contributed by atoms with Crippen molar-refractivity contribution in [3.8, 4) is 0 Å². The molecule has 0 aromatic heterocycles. The molecule has 0 spiro atoms. The first kappa shape index (κ1) is 17.9. The number of rotatable bonds is 3. The van der Waals surface area contributed by atoms with E-state index in [0.717, 1.165) is 5.56 Å². The highest BCUT2D eigenvalue weighted by atomic mass is 16.6. The summed E-state index contributed by atoms with van der Waals surface area (Å²) in [6, 6.07) is 9.82. The number of amides is 1. The first-order valence-corrected chi connectivity index (χ1v) is 8.91. The Hall–Kier alpha value is -1.88. The third-order valence-corrected chi connectivity index (χ3v) is 5.17. The Bertz CT molecular complexity index is 651. The zero-order valence-corrected chi connectivity index (χ0v) is 15.5. The van der Waals surface area contributed by atoms with Crippen LogP contribution in [0.25, 0.3) is 0 Å². The fourth-order valence-corrected chi connectivity index (χ4v) is 3.81. The average Bonchev–Trinajstić information content (AvgIpc) is 2.88. The van der Waals surface area contributed by atoms with Gasteiger partial charge in [-0.05, 0) is 39.7 Å². The van der Waals surface area contributed by atoms with E-state index in [1.807, 2.05) is 62.9 Å². The number of carbonyl (C=O) groups excluding carboxylic acids is 2. The number of carbonyl (C=O) groups is 2. The van der Waals surface area contributed by atoms with E-state index in [1.165, 1.54) is 0 Å². The van der Waals surface area contributed by atoms with Crippen molar-refractivity contribution >= 4 is 11.9 Å². The van der Waals surface area contributed by atoms with Crippen LogP contribution in [0.1, 0.15) is 45.7 Å². The summed E-state index contributed by atoms with van der Waals surface area (Å²) in [7, 11) is 0. The summed E-state index contributed by atoms with van der Waals surface area (Å²) in [5.74, 6) is -0.645. The fourth-order valence-electron chi connectivity index (χ4n) is 3.81. The van der Waals surface area contributed by atoms with E-state index in [-0.39, 0.29) is 30.4 Å². The third kappa shape index (κ3) is 3.30. The van der Waals surface area contributed by atoms with E-state index >= 15 is 0 Å². The second kappa shape index (κ2) is 6.45. The Morgan fingerprint density at radius 3 is 2.64 bits per heavy atom. The average molecular weight is 345 g/mol. The van der Waals surface area contributed by atoms with Crippen molar-refractivity contribution < 1.29 is 19.1 Å². The summed E-state index contributed by atoms with van der Waals surface area (Å²) in [6.45, 7) is 8.66. The second-order valence-corrected chi connectivity index (χ2v) is 8.10. The van der Waals surface area contributed by atoms with Gasteiger partial charge in [-0.15, -0.1) is 0 Å². The SMILES string of the molecule is C[C@H](c1ccccc1)N1C[C@]2(C(=O)OC(C)(C)C)COCC[C@@H]2C1=O. The van der Waals surface area contributed by atoms with Crippen LogP contribution in [0.5, 0.6) is 0 Å². The summed E-state index contributed by atoms with van der Waals surface area (Å²) >= 11 is 0. The number of ether oxygens (including phenoxy) is 2. The molecule has 2 fully saturated rings. The van der Waals surface area contributed by atoms with Gasteiger partial charge < -0.3 is 14.4 Å². The molecule has 0 saturated carbocycles. The molecule has 2 aliphatic rings. The van der Waals surface area contributed by atoms with Gasteiger partial charge in [0.25, 0.3) is 0 Å². The third-order valence-electron chi connectivity index (χ3n) is 5.17. The molecule has 3 rings (SSSR count). The monoisotopic (exact) mass is 345 g/mol. The van der Waals surface area contributed by atoms with Crippen LogP contribution < -0.4 is 0 Å². The maximum atomic E-state index is 13.1. The molecule has 2 aliphatic heterocycles. The lowest BCUT2D eigenvalue weighted by Crippen LogP contribution is -2.49. The number of fused-ring (bicyclic) bond motifs is 1. The molecular formula is C20H27NO4. The number of nitrogens with zero attached hydrogens (tertiary/aromatic N) is 1. The molecular weight excluding hydrogens is 318 g/mol. The van der Waals surface area contributed by atoms with Crippen molar-refractivity contribution in [2.24, 2.45) is 11.3 Å². The highest BCUT2D eigenvalue weighted by Crippen LogP contribution is 2.46. The zero-order valence-electron chi connectivity index (χ0n) is 15.5. The highest BCUT2D eigenvalue weighted by Gasteiger charge is 2.60. The predicted octanol–water partition coefficient (Wildman–Crippen LogP) is 2.95. The van der Waals surface area contributed by atoms with Gasteiger partial charge in [0.05, 0.1) is 18.6 Å². The van der Waals surface area contributed by atoms with Crippen molar-refractivity contribution in [2.45, 2.75) is 45.8 Å². The highest BCUT2D eigenvalue weighted by molar-refractivity contribution is 5.92. The Morgan fingerprint density at radius 2 is 2.00 bits per heavy atom. The first-order valence-electron chi connectivity index (χ1n) is 8.91. The van der Waals surface area contributed by atoms with Crippen molar-refractivity contribution in [3.05, 3.63) is 35.9 Å². The van der Waals surface area contributed by atoms with Crippen LogP contribution in [0.15, 0.2) is 30.3 Å². The van der Waals surface area contributed by atoms with Gasteiger partial charge in [0.1, 0.15) is 11.0 Å². The summed E-state index contributed by atoms with van der Waals surface area (Å²) < 4.78 is 11.3. The van der Waals surface area contributed by atoms with Crippen molar-refractivity contribution in [1.29, 1.82) is 0 Å². The lowest BCUT2D eigenvalue weighted by atomic mass is 9.75. The number of benzene rings is 1. The molecule has 2 saturated heterocycles. The lowest BCUT2D eigenvalue weighted by molar-refractivity contribution is -0.179. The van der Waals surface area contributed by atoms with Crippen LogP contribution in [0, 0.1) is 11.3 Å². The van der Waals surface area contributed by atoms with Gasteiger partial charge in [-0.2, -0.15) is 0 Å². The quantitative estimate of drug-likeness (QED) is 0.791. The van der Waals surface area contributed by atoms with E-state index in [4.69, 9.17) is 9.47 Å². The number of likely N-dealkylation sites (tertiary alicyclic amines) is 1.